The summed E-state index contributed by atoms with van der Waals surface area (Å²) in [6.07, 6.45) is 7.03. The average Bonchev–Trinajstić information content (AvgIpc) is 3.42. The lowest BCUT2D eigenvalue weighted by molar-refractivity contribution is 0.137. The molecule has 0 radical (unpaired) electrons. The molecule has 0 aliphatic heterocycles. The lowest BCUT2D eigenvalue weighted by Crippen LogP contribution is -2.18. The Hall–Kier alpha value is -3.10. The summed E-state index contributed by atoms with van der Waals surface area (Å²) in [7, 11) is 0. The third-order valence-corrected chi connectivity index (χ3v) is 6.55. The standard InChI is InChI=1S/C29H29NO/c31-27-18-10-17-26(27)30-21-25(20-19-22-11-4-1-5-12-22)28(23-13-6-2-7-14-23)29(30)24-15-8-3-9-16-24/h1-9,11-16,21,26-27,31H,10,17-20H2/t26-,27+/m1/s1. The lowest BCUT2D eigenvalue weighted by Gasteiger charge is -2.21. The molecule has 2 heteroatoms. The van der Waals surface area contributed by atoms with Crippen LogP contribution in [-0.2, 0) is 12.8 Å². The molecule has 0 bridgehead atoms. The monoisotopic (exact) mass is 407 g/mol. The Morgan fingerprint density at radius 1 is 0.710 bits per heavy atom. The van der Waals surface area contributed by atoms with E-state index in [0.717, 1.165) is 32.1 Å². The smallest absolute Gasteiger partial charge is 0.0747 e. The van der Waals surface area contributed by atoms with Crippen LogP contribution in [0.5, 0.6) is 0 Å². The predicted molar refractivity (Wildman–Crippen MR) is 128 cm³/mol. The van der Waals surface area contributed by atoms with Gasteiger partial charge in [0.1, 0.15) is 0 Å². The first-order valence-corrected chi connectivity index (χ1v) is 11.4. The molecule has 1 N–H and O–H groups in total. The predicted octanol–water partition coefficient (Wildman–Crippen LogP) is 6.69. The fourth-order valence-corrected chi connectivity index (χ4v) is 5.01. The van der Waals surface area contributed by atoms with Crippen molar-refractivity contribution in [3.8, 4) is 22.4 Å². The number of aliphatic hydroxyl groups is 1. The third-order valence-electron chi connectivity index (χ3n) is 6.55. The van der Waals surface area contributed by atoms with E-state index in [1.165, 1.54) is 33.5 Å². The quantitative estimate of drug-likeness (QED) is 0.378. The van der Waals surface area contributed by atoms with Crippen molar-refractivity contribution in [1.82, 2.24) is 4.57 Å². The molecule has 0 unspecified atom stereocenters. The summed E-state index contributed by atoms with van der Waals surface area (Å²) in [5.41, 5.74) is 7.72. The van der Waals surface area contributed by atoms with Crippen LogP contribution in [0.15, 0.2) is 97.2 Å². The number of aliphatic hydroxyl groups excluding tert-OH is 1. The summed E-state index contributed by atoms with van der Waals surface area (Å²) in [6, 6.07) is 32.3. The molecule has 3 aromatic carbocycles. The largest absolute Gasteiger partial charge is 0.391 e. The van der Waals surface area contributed by atoms with Gasteiger partial charge < -0.3 is 9.67 Å². The Bertz CT molecular complexity index is 1120. The van der Waals surface area contributed by atoms with Crippen molar-refractivity contribution in [2.24, 2.45) is 0 Å². The lowest BCUT2D eigenvalue weighted by atomic mass is 9.94. The van der Waals surface area contributed by atoms with Crippen LogP contribution in [0.25, 0.3) is 22.4 Å². The number of aromatic nitrogens is 1. The molecule has 0 spiro atoms. The van der Waals surface area contributed by atoms with Gasteiger partial charge in [-0.3, -0.25) is 0 Å². The molecule has 1 aromatic heterocycles. The van der Waals surface area contributed by atoms with Crippen LogP contribution in [0.3, 0.4) is 0 Å². The maximum absolute atomic E-state index is 10.8. The summed E-state index contributed by atoms with van der Waals surface area (Å²) in [5, 5.41) is 10.8. The van der Waals surface area contributed by atoms with Gasteiger partial charge in [0.2, 0.25) is 0 Å². The molecule has 4 aromatic rings. The highest BCUT2D eigenvalue weighted by molar-refractivity contribution is 5.84. The van der Waals surface area contributed by atoms with Crippen molar-refractivity contribution in [1.29, 1.82) is 0 Å². The fourth-order valence-electron chi connectivity index (χ4n) is 5.01. The van der Waals surface area contributed by atoms with Gasteiger partial charge in [-0.25, -0.2) is 0 Å². The highest BCUT2D eigenvalue weighted by Crippen LogP contribution is 2.42. The molecular weight excluding hydrogens is 378 g/mol. The Labute approximate surface area is 184 Å². The molecule has 0 saturated heterocycles. The highest BCUT2D eigenvalue weighted by atomic mass is 16.3. The molecule has 156 valence electrons. The summed E-state index contributed by atoms with van der Waals surface area (Å²) in [6.45, 7) is 0. The zero-order valence-electron chi connectivity index (χ0n) is 17.8. The second-order valence-corrected chi connectivity index (χ2v) is 8.57. The fraction of sp³-hybridized carbons (Fsp3) is 0.241. The number of aryl methyl sites for hydroxylation is 2. The molecule has 31 heavy (non-hydrogen) atoms. The van der Waals surface area contributed by atoms with Crippen molar-refractivity contribution in [2.75, 3.05) is 0 Å². The molecule has 1 aliphatic carbocycles. The summed E-state index contributed by atoms with van der Waals surface area (Å²) >= 11 is 0. The van der Waals surface area contributed by atoms with Crippen LogP contribution in [-0.4, -0.2) is 15.8 Å². The second kappa shape index (κ2) is 8.95. The van der Waals surface area contributed by atoms with Crippen molar-refractivity contribution in [3.63, 3.8) is 0 Å². The number of nitrogens with zero attached hydrogens (tertiary/aromatic N) is 1. The Morgan fingerprint density at radius 3 is 1.94 bits per heavy atom. The van der Waals surface area contributed by atoms with Crippen LogP contribution >= 0.6 is 0 Å². The first kappa shape index (κ1) is 19.8. The van der Waals surface area contributed by atoms with E-state index >= 15 is 0 Å². The van der Waals surface area contributed by atoms with Crippen LogP contribution in [0.4, 0.5) is 0 Å². The zero-order chi connectivity index (χ0) is 21.0. The van der Waals surface area contributed by atoms with Crippen molar-refractivity contribution in [3.05, 3.63) is 108 Å². The van der Waals surface area contributed by atoms with Gasteiger partial charge in [0.05, 0.1) is 17.8 Å². The van der Waals surface area contributed by atoms with Gasteiger partial charge >= 0.3 is 0 Å². The van der Waals surface area contributed by atoms with Crippen LogP contribution in [0.1, 0.15) is 36.4 Å². The number of benzene rings is 3. The van der Waals surface area contributed by atoms with Crippen LogP contribution < -0.4 is 0 Å². The number of rotatable bonds is 6. The number of hydrogen-bond donors (Lipinski definition) is 1. The normalized spacial score (nSPS) is 18.4. The minimum Gasteiger partial charge on any atom is -0.391 e. The van der Waals surface area contributed by atoms with Gasteiger partial charge in [-0.05, 0) is 54.4 Å². The first-order chi connectivity index (χ1) is 15.3. The second-order valence-electron chi connectivity index (χ2n) is 8.57. The third kappa shape index (κ3) is 4.08. The van der Waals surface area contributed by atoms with E-state index in [9.17, 15) is 5.11 Å². The van der Waals surface area contributed by atoms with Gasteiger partial charge in [-0.2, -0.15) is 0 Å². The summed E-state index contributed by atoms with van der Waals surface area (Å²) in [4.78, 5) is 0. The van der Waals surface area contributed by atoms with E-state index in [4.69, 9.17) is 0 Å². The van der Waals surface area contributed by atoms with Gasteiger partial charge in [-0.15, -0.1) is 0 Å². The van der Waals surface area contributed by atoms with Crippen molar-refractivity contribution >= 4 is 0 Å². The molecular formula is C29H29NO. The highest BCUT2D eigenvalue weighted by Gasteiger charge is 2.30. The molecule has 1 saturated carbocycles. The molecule has 2 nitrogen and oxygen atoms in total. The molecule has 0 amide bonds. The van der Waals surface area contributed by atoms with E-state index in [1.807, 2.05) is 0 Å². The topological polar surface area (TPSA) is 25.2 Å². The molecule has 1 heterocycles. The van der Waals surface area contributed by atoms with Crippen LogP contribution in [0, 0.1) is 0 Å². The van der Waals surface area contributed by atoms with E-state index in [-0.39, 0.29) is 12.1 Å². The SMILES string of the molecule is O[C@H]1CCC[C@H]1n1cc(CCc2ccccc2)c(-c2ccccc2)c1-c1ccccc1. The molecule has 2 atom stereocenters. The minimum absolute atomic E-state index is 0.142. The van der Waals surface area contributed by atoms with E-state index in [2.05, 4.69) is 102 Å². The summed E-state index contributed by atoms with van der Waals surface area (Å²) in [5.74, 6) is 0. The Morgan fingerprint density at radius 2 is 1.32 bits per heavy atom. The van der Waals surface area contributed by atoms with Gasteiger partial charge in [0, 0.05) is 11.8 Å². The molecule has 1 aliphatic rings. The van der Waals surface area contributed by atoms with Crippen LogP contribution in [0.2, 0.25) is 0 Å². The van der Waals surface area contributed by atoms with Crippen molar-refractivity contribution < 1.29 is 5.11 Å². The van der Waals surface area contributed by atoms with Gasteiger partial charge in [0.25, 0.3) is 0 Å². The van der Waals surface area contributed by atoms with Crippen molar-refractivity contribution in [2.45, 2.75) is 44.2 Å². The molecule has 1 fully saturated rings. The maximum atomic E-state index is 10.8. The van der Waals surface area contributed by atoms with Gasteiger partial charge in [0.15, 0.2) is 0 Å². The van der Waals surface area contributed by atoms with E-state index in [1.54, 1.807) is 0 Å². The van der Waals surface area contributed by atoms with Gasteiger partial charge in [-0.1, -0.05) is 91.0 Å². The zero-order valence-corrected chi connectivity index (χ0v) is 17.8. The Balaban J connectivity index is 1.67. The van der Waals surface area contributed by atoms with E-state index < -0.39 is 0 Å². The average molecular weight is 408 g/mol. The number of hydrogen-bond acceptors (Lipinski definition) is 1. The van der Waals surface area contributed by atoms with E-state index in [0.29, 0.717) is 0 Å². The molecule has 5 rings (SSSR count). The minimum atomic E-state index is -0.277. The maximum Gasteiger partial charge on any atom is 0.0747 e. The summed E-state index contributed by atoms with van der Waals surface area (Å²) < 4.78 is 2.38. The Kier molecular flexibility index (Phi) is 5.73. The first-order valence-electron chi connectivity index (χ1n) is 11.4.